The van der Waals surface area contributed by atoms with Gasteiger partial charge >= 0.3 is 5.97 Å². The van der Waals surface area contributed by atoms with Crippen molar-refractivity contribution < 1.29 is 23.9 Å². The average Bonchev–Trinajstić information content (AvgIpc) is 3.46. The Bertz CT molecular complexity index is 1520. The molecule has 2 aromatic heterocycles. The van der Waals surface area contributed by atoms with Crippen LogP contribution in [-0.4, -0.2) is 36.3 Å². The van der Waals surface area contributed by atoms with Crippen LogP contribution in [0.2, 0.25) is 0 Å². The molecule has 0 saturated carbocycles. The van der Waals surface area contributed by atoms with Gasteiger partial charge < -0.3 is 14.2 Å². The van der Waals surface area contributed by atoms with Crippen molar-refractivity contribution in [3.8, 4) is 11.5 Å². The summed E-state index contributed by atoms with van der Waals surface area (Å²) < 4.78 is 17.4. The first-order valence-electron chi connectivity index (χ1n) is 10.4. The van der Waals surface area contributed by atoms with Gasteiger partial charge in [-0.15, -0.1) is 11.3 Å². The molecule has 0 spiro atoms. The summed E-state index contributed by atoms with van der Waals surface area (Å²) in [6.45, 7) is 3.59. The third-order valence-electron chi connectivity index (χ3n) is 5.35. The number of nitro groups is 1. The van der Waals surface area contributed by atoms with Crippen molar-refractivity contribution in [3.05, 3.63) is 81.2 Å². The molecule has 0 aliphatic carbocycles. The number of thiophene rings is 1. The van der Waals surface area contributed by atoms with Gasteiger partial charge in [0.15, 0.2) is 16.3 Å². The molecule has 0 N–H and O–H groups in total. The van der Waals surface area contributed by atoms with Crippen LogP contribution in [0, 0.1) is 10.1 Å². The molecule has 0 radical (unpaired) electrons. The first kappa shape index (κ1) is 24.4. The van der Waals surface area contributed by atoms with Gasteiger partial charge in [0, 0.05) is 4.88 Å². The molecule has 3 heterocycles. The van der Waals surface area contributed by atoms with Crippen LogP contribution in [0.5, 0.6) is 11.5 Å². The number of allylic oxidation sites excluding steroid dienone is 1. The second-order valence-corrected chi connectivity index (χ2v) is 9.33. The predicted octanol–water partition coefficient (Wildman–Crippen LogP) is 2.79. The summed E-state index contributed by atoms with van der Waals surface area (Å²) in [6, 6.07) is 5.65. The Morgan fingerprint density at radius 1 is 1.29 bits per heavy atom. The van der Waals surface area contributed by atoms with Gasteiger partial charge in [0.05, 0.1) is 53.2 Å². The smallest absolute Gasteiger partial charge is 0.338 e. The van der Waals surface area contributed by atoms with E-state index in [1.165, 1.54) is 48.3 Å². The van der Waals surface area contributed by atoms with Crippen molar-refractivity contribution in [2.24, 2.45) is 4.99 Å². The molecule has 182 valence electrons. The number of fused-ring (bicyclic) bond motifs is 1. The van der Waals surface area contributed by atoms with Crippen LogP contribution in [-0.2, 0) is 9.53 Å². The maximum atomic E-state index is 13.6. The summed E-state index contributed by atoms with van der Waals surface area (Å²) in [5.41, 5.74) is 0.237. The Morgan fingerprint density at radius 3 is 2.60 bits per heavy atom. The van der Waals surface area contributed by atoms with Crippen LogP contribution in [0.4, 0.5) is 5.69 Å². The molecule has 1 atom stereocenters. The predicted molar refractivity (Wildman–Crippen MR) is 131 cm³/mol. The maximum Gasteiger partial charge on any atom is 0.338 e. The third kappa shape index (κ3) is 4.37. The molecule has 1 aromatic carbocycles. The Kier molecular flexibility index (Phi) is 6.85. The zero-order chi connectivity index (χ0) is 25.3. The normalized spacial score (nSPS) is 15.4. The van der Waals surface area contributed by atoms with E-state index in [0.717, 1.165) is 16.2 Å². The number of aromatic nitrogens is 1. The SMILES string of the molecule is CCOC(=O)C1=C(C)N=c2sc(=Cc3cc(OC)c(OC)cc3[N+](=O)[O-])c(=O)n2C1c1cccs1. The van der Waals surface area contributed by atoms with E-state index in [9.17, 15) is 19.7 Å². The summed E-state index contributed by atoms with van der Waals surface area (Å²) in [5.74, 6) is -0.0591. The van der Waals surface area contributed by atoms with Crippen LogP contribution in [0.1, 0.15) is 30.3 Å². The number of esters is 1. The highest BCUT2D eigenvalue weighted by Crippen LogP contribution is 2.35. The van der Waals surface area contributed by atoms with Crippen LogP contribution < -0.4 is 24.4 Å². The molecule has 35 heavy (non-hydrogen) atoms. The number of nitro benzene ring substituents is 1. The molecule has 3 aromatic rings. The number of rotatable bonds is 7. The van der Waals surface area contributed by atoms with E-state index in [1.807, 2.05) is 17.5 Å². The minimum Gasteiger partial charge on any atom is -0.493 e. The first-order chi connectivity index (χ1) is 16.8. The van der Waals surface area contributed by atoms with Gasteiger partial charge in [0.1, 0.15) is 6.04 Å². The lowest BCUT2D eigenvalue weighted by Gasteiger charge is -2.23. The van der Waals surface area contributed by atoms with Crippen molar-refractivity contribution in [3.63, 3.8) is 0 Å². The second kappa shape index (κ2) is 9.84. The summed E-state index contributed by atoms with van der Waals surface area (Å²) in [4.78, 5) is 43.3. The molecule has 0 saturated heterocycles. The van der Waals surface area contributed by atoms with E-state index >= 15 is 0 Å². The minimum absolute atomic E-state index is 0.173. The van der Waals surface area contributed by atoms with Gasteiger partial charge in [-0.1, -0.05) is 17.4 Å². The largest absolute Gasteiger partial charge is 0.493 e. The zero-order valence-electron chi connectivity index (χ0n) is 19.3. The van der Waals surface area contributed by atoms with Crippen LogP contribution in [0.15, 0.2) is 50.7 Å². The minimum atomic E-state index is -0.715. The number of hydrogen-bond donors (Lipinski definition) is 0. The lowest BCUT2D eigenvalue weighted by molar-refractivity contribution is -0.385. The van der Waals surface area contributed by atoms with E-state index in [4.69, 9.17) is 14.2 Å². The fourth-order valence-corrected chi connectivity index (χ4v) is 5.67. The van der Waals surface area contributed by atoms with E-state index in [-0.39, 0.29) is 39.5 Å². The van der Waals surface area contributed by atoms with Crippen molar-refractivity contribution in [2.75, 3.05) is 20.8 Å². The highest BCUT2D eigenvalue weighted by Gasteiger charge is 2.34. The van der Waals surface area contributed by atoms with Gasteiger partial charge in [0.2, 0.25) is 0 Å². The number of ether oxygens (including phenoxy) is 3. The van der Waals surface area contributed by atoms with Gasteiger partial charge in [-0.3, -0.25) is 19.5 Å². The van der Waals surface area contributed by atoms with E-state index in [2.05, 4.69) is 4.99 Å². The standard InChI is InChI=1S/C23H21N3O7S2/c1-5-33-22(28)19-12(2)24-23-25(20(19)17-7-6-8-34-17)21(27)18(35-23)10-13-9-15(31-3)16(32-4)11-14(13)26(29)30/h6-11,20H,5H2,1-4H3. The van der Waals surface area contributed by atoms with Gasteiger partial charge in [-0.05, 0) is 37.4 Å². The van der Waals surface area contributed by atoms with Crippen molar-refractivity contribution in [1.82, 2.24) is 4.57 Å². The molecular formula is C23H21N3O7S2. The van der Waals surface area contributed by atoms with Crippen LogP contribution in [0.25, 0.3) is 6.08 Å². The Hall–Kier alpha value is -3.77. The lowest BCUT2D eigenvalue weighted by atomic mass is 10.0. The molecule has 4 rings (SSSR count). The second-order valence-electron chi connectivity index (χ2n) is 7.34. The number of thiazole rings is 1. The van der Waals surface area contributed by atoms with E-state index in [0.29, 0.717) is 10.5 Å². The van der Waals surface area contributed by atoms with Gasteiger partial charge in [0.25, 0.3) is 11.2 Å². The van der Waals surface area contributed by atoms with Gasteiger partial charge in [-0.2, -0.15) is 0 Å². The van der Waals surface area contributed by atoms with Gasteiger partial charge in [-0.25, -0.2) is 9.79 Å². The fourth-order valence-electron chi connectivity index (χ4n) is 3.81. The number of carbonyl (C=O) groups excluding carboxylic acids is 1. The van der Waals surface area contributed by atoms with Crippen molar-refractivity contribution in [2.45, 2.75) is 19.9 Å². The molecule has 0 amide bonds. The molecule has 0 fully saturated rings. The number of benzene rings is 1. The Balaban J connectivity index is 1.97. The lowest BCUT2D eigenvalue weighted by Crippen LogP contribution is -2.39. The number of carbonyl (C=O) groups is 1. The van der Waals surface area contributed by atoms with Crippen molar-refractivity contribution >= 4 is 40.4 Å². The first-order valence-corrected chi connectivity index (χ1v) is 12.1. The highest BCUT2D eigenvalue weighted by molar-refractivity contribution is 7.10. The Labute approximate surface area is 207 Å². The molecule has 1 unspecified atom stereocenters. The van der Waals surface area contributed by atoms with Crippen molar-refractivity contribution in [1.29, 1.82) is 0 Å². The maximum absolute atomic E-state index is 13.6. The molecule has 1 aliphatic heterocycles. The van der Waals surface area contributed by atoms with E-state index < -0.39 is 22.5 Å². The molecule has 1 aliphatic rings. The monoisotopic (exact) mass is 515 g/mol. The summed E-state index contributed by atoms with van der Waals surface area (Å²) >= 11 is 2.49. The van der Waals surface area contributed by atoms with Crippen LogP contribution >= 0.6 is 22.7 Å². The Morgan fingerprint density at radius 2 is 2.00 bits per heavy atom. The third-order valence-corrected chi connectivity index (χ3v) is 7.25. The molecular weight excluding hydrogens is 494 g/mol. The average molecular weight is 516 g/mol. The van der Waals surface area contributed by atoms with Crippen LogP contribution in [0.3, 0.4) is 0 Å². The number of methoxy groups -OCH3 is 2. The summed E-state index contributed by atoms with van der Waals surface area (Å²) in [7, 11) is 2.80. The highest BCUT2D eigenvalue weighted by atomic mass is 32.1. The number of nitrogens with zero attached hydrogens (tertiary/aromatic N) is 3. The fraction of sp³-hybridized carbons (Fsp3) is 0.261. The number of hydrogen-bond acceptors (Lipinski definition) is 10. The zero-order valence-corrected chi connectivity index (χ0v) is 20.9. The topological polar surface area (TPSA) is 122 Å². The quantitative estimate of drug-likeness (QED) is 0.269. The summed E-state index contributed by atoms with van der Waals surface area (Å²) in [5, 5.41) is 13.6. The molecule has 0 bridgehead atoms. The molecule has 12 heteroatoms. The summed E-state index contributed by atoms with van der Waals surface area (Å²) in [6.07, 6.45) is 1.43. The van der Waals surface area contributed by atoms with E-state index in [1.54, 1.807) is 13.8 Å². The molecule has 10 nitrogen and oxygen atoms in total.